The number of aliphatic hydroxyl groups excluding tert-OH is 1. The van der Waals surface area contributed by atoms with Gasteiger partial charge >= 0.3 is 5.97 Å². The van der Waals surface area contributed by atoms with E-state index in [1.54, 1.807) is 19.2 Å². The van der Waals surface area contributed by atoms with Gasteiger partial charge in [-0.15, -0.1) is 0 Å². The minimum absolute atomic E-state index is 0.155. The number of methoxy groups -OCH3 is 3. The van der Waals surface area contributed by atoms with Gasteiger partial charge in [0, 0.05) is 19.2 Å². The van der Waals surface area contributed by atoms with Crippen LogP contribution in [0.4, 0.5) is 5.69 Å². The number of aliphatic hydroxyl groups is 1. The molecule has 0 saturated carbocycles. The van der Waals surface area contributed by atoms with Gasteiger partial charge in [0.05, 0.1) is 21.3 Å². The van der Waals surface area contributed by atoms with Crippen LogP contribution in [0, 0.1) is 0 Å². The van der Waals surface area contributed by atoms with Crippen molar-refractivity contribution >= 4 is 11.7 Å². The summed E-state index contributed by atoms with van der Waals surface area (Å²) in [5.41, 5.74) is 5.79. The highest BCUT2D eigenvalue weighted by Crippen LogP contribution is 2.42. The van der Waals surface area contributed by atoms with Gasteiger partial charge in [0.1, 0.15) is 35.2 Å². The van der Waals surface area contributed by atoms with Crippen molar-refractivity contribution in [1.29, 1.82) is 0 Å². The summed E-state index contributed by atoms with van der Waals surface area (Å²) in [4.78, 5) is 13.1. The number of carbonyl (C=O) groups is 1. The second-order valence-corrected chi connectivity index (χ2v) is 4.99. The minimum Gasteiger partial charge on any atom is -0.496 e. The van der Waals surface area contributed by atoms with Crippen LogP contribution in [-0.2, 0) is 4.79 Å². The maximum atomic E-state index is 11.6. The molecule has 4 N–H and O–H groups in total. The molecule has 0 saturated heterocycles. The van der Waals surface area contributed by atoms with Crippen molar-refractivity contribution in [3.63, 3.8) is 0 Å². The fourth-order valence-corrected chi connectivity index (χ4v) is 2.30. The third-order valence-electron chi connectivity index (χ3n) is 3.53. The van der Waals surface area contributed by atoms with Gasteiger partial charge in [-0.3, -0.25) is 0 Å². The van der Waals surface area contributed by atoms with Crippen molar-refractivity contribution < 1.29 is 29.2 Å². The summed E-state index contributed by atoms with van der Waals surface area (Å²) in [6, 6.07) is 2.39. The fraction of sp³-hybridized carbons (Fsp3) is 0.533. The van der Waals surface area contributed by atoms with Crippen molar-refractivity contribution in [3.8, 4) is 17.2 Å². The lowest BCUT2D eigenvalue weighted by molar-refractivity contribution is -0.138. The second kappa shape index (κ2) is 8.44. The summed E-state index contributed by atoms with van der Waals surface area (Å²) in [6.45, 7) is 0. The highest BCUT2D eigenvalue weighted by Gasteiger charge is 2.28. The number of nitrogens with zero attached hydrogens (tertiary/aromatic N) is 1. The Bertz CT molecular complexity index is 510. The monoisotopic (exact) mass is 328 g/mol. The van der Waals surface area contributed by atoms with E-state index in [0.29, 0.717) is 22.9 Å². The van der Waals surface area contributed by atoms with Crippen LogP contribution < -0.4 is 24.8 Å². The molecule has 0 bridgehead atoms. The number of anilines is 1. The molecule has 0 amide bonds. The molecular formula is C15H24N2O6. The highest BCUT2D eigenvalue weighted by atomic mass is 16.5. The number of hydrogen-bond acceptors (Lipinski definition) is 7. The largest absolute Gasteiger partial charge is 0.496 e. The number of hydrogen-bond donors (Lipinski definition) is 3. The van der Waals surface area contributed by atoms with Crippen LogP contribution in [0.25, 0.3) is 0 Å². The number of benzene rings is 1. The summed E-state index contributed by atoms with van der Waals surface area (Å²) in [6.07, 6.45) is -0.742. The first-order chi connectivity index (χ1) is 10.8. The molecule has 0 fully saturated rings. The molecule has 0 heterocycles. The summed E-state index contributed by atoms with van der Waals surface area (Å²) in [5.74, 6) is 0.333. The lowest BCUT2D eigenvalue weighted by atomic mass is 10.1. The van der Waals surface area contributed by atoms with Gasteiger partial charge in [0.2, 0.25) is 0 Å². The first kappa shape index (κ1) is 18.9. The minimum atomic E-state index is -1.06. The second-order valence-electron chi connectivity index (χ2n) is 4.99. The van der Waals surface area contributed by atoms with Crippen molar-refractivity contribution in [1.82, 2.24) is 0 Å². The SMILES string of the molecule is COc1cc(OC)c(N(C)C(CCC(N)O)C(=O)O)c(OC)c1. The Morgan fingerprint density at radius 1 is 1.17 bits per heavy atom. The highest BCUT2D eigenvalue weighted by molar-refractivity contribution is 5.81. The van der Waals surface area contributed by atoms with Crippen molar-refractivity contribution in [2.75, 3.05) is 33.3 Å². The number of aliphatic carboxylic acids is 1. The zero-order chi connectivity index (χ0) is 17.6. The molecule has 2 unspecified atom stereocenters. The van der Waals surface area contributed by atoms with Gasteiger partial charge in [-0.1, -0.05) is 0 Å². The summed E-state index contributed by atoms with van der Waals surface area (Å²) < 4.78 is 15.9. The predicted molar refractivity (Wildman–Crippen MR) is 85.4 cm³/mol. The van der Waals surface area contributed by atoms with E-state index in [2.05, 4.69) is 0 Å². The quantitative estimate of drug-likeness (QED) is 0.566. The molecule has 1 aromatic rings. The van der Waals surface area contributed by atoms with Crippen LogP contribution in [0.15, 0.2) is 12.1 Å². The average molecular weight is 328 g/mol. The van der Waals surface area contributed by atoms with E-state index in [1.165, 1.54) is 26.2 Å². The summed E-state index contributed by atoms with van der Waals surface area (Å²) >= 11 is 0. The predicted octanol–water partition coefficient (Wildman–Crippen LogP) is 0.659. The fourth-order valence-electron chi connectivity index (χ4n) is 2.30. The standard InChI is InChI=1S/C15H24N2O6/c1-17(10(15(19)20)5-6-13(16)18)14-11(22-3)7-9(21-2)8-12(14)23-4/h7-8,10,13,18H,5-6,16H2,1-4H3,(H,19,20). The number of nitrogens with two attached hydrogens (primary N) is 1. The molecule has 8 nitrogen and oxygen atoms in total. The summed E-state index contributed by atoms with van der Waals surface area (Å²) in [7, 11) is 6.09. The third-order valence-corrected chi connectivity index (χ3v) is 3.53. The van der Waals surface area contributed by atoms with E-state index < -0.39 is 18.2 Å². The van der Waals surface area contributed by atoms with Crippen LogP contribution in [-0.4, -0.2) is 56.8 Å². The molecule has 2 atom stereocenters. The smallest absolute Gasteiger partial charge is 0.326 e. The van der Waals surface area contributed by atoms with E-state index in [9.17, 15) is 15.0 Å². The normalized spacial score (nSPS) is 13.1. The lowest BCUT2D eigenvalue weighted by Crippen LogP contribution is -2.40. The molecule has 0 aliphatic carbocycles. The summed E-state index contributed by atoms with van der Waals surface area (Å²) in [5, 5.41) is 18.7. The van der Waals surface area contributed by atoms with Crippen molar-refractivity contribution in [3.05, 3.63) is 12.1 Å². The van der Waals surface area contributed by atoms with Crippen molar-refractivity contribution in [2.24, 2.45) is 5.73 Å². The maximum Gasteiger partial charge on any atom is 0.326 e. The molecule has 1 rings (SSSR count). The van der Waals surface area contributed by atoms with Crippen molar-refractivity contribution in [2.45, 2.75) is 25.1 Å². The van der Waals surface area contributed by atoms with E-state index in [0.717, 1.165) is 0 Å². The Morgan fingerprint density at radius 3 is 2.04 bits per heavy atom. The molecular weight excluding hydrogens is 304 g/mol. The first-order valence-corrected chi connectivity index (χ1v) is 7.05. The molecule has 0 aromatic heterocycles. The van der Waals surface area contributed by atoms with E-state index in [1.807, 2.05) is 0 Å². The lowest BCUT2D eigenvalue weighted by Gasteiger charge is -2.30. The maximum absolute atomic E-state index is 11.6. The molecule has 1 aromatic carbocycles. The molecule has 0 radical (unpaired) electrons. The van der Waals surface area contributed by atoms with Gasteiger partial charge in [0.15, 0.2) is 0 Å². The Balaban J connectivity index is 3.26. The van der Waals surface area contributed by atoms with Crippen LogP contribution >= 0.6 is 0 Å². The number of likely N-dealkylation sites (N-methyl/N-ethyl adjacent to an activating group) is 1. The third kappa shape index (κ3) is 4.64. The van der Waals surface area contributed by atoms with Gasteiger partial charge in [-0.2, -0.15) is 0 Å². The Kier molecular flexibility index (Phi) is 6.92. The number of rotatable bonds is 9. The molecule has 23 heavy (non-hydrogen) atoms. The van der Waals surface area contributed by atoms with E-state index in [-0.39, 0.29) is 12.8 Å². The van der Waals surface area contributed by atoms with E-state index >= 15 is 0 Å². The van der Waals surface area contributed by atoms with Crippen LogP contribution in [0.1, 0.15) is 12.8 Å². The average Bonchev–Trinajstić information content (AvgIpc) is 2.52. The van der Waals surface area contributed by atoms with Crippen LogP contribution in [0.3, 0.4) is 0 Å². The number of carboxylic acids is 1. The topological polar surface area (TPSA) is 114 Å². The molecule has 130 valence electrons. The van der Waals surface area contributed by atoms with E-state index in [4.69, 9.17) is 19.9 Å². The molecule has 0 aliphatic heterocycles. The Labute approximate surface area is 135 Å². The molecule has 0 spiro atoms. The van der Waals surface area contributed by atoms with Gasteiger partial charge in [-0.05, 0) is 12.8 Å². The zero-order valence-corrected chi connectivity index (χ0v) is 13.8. The Morgan fingerprint density at radius 2 is 1.70 bits per heavy atom. The zero-order valence-electron chi connectivity index (χ0n) is 13.8. The van der Waals surface area contributed by atoms with Crippen LogP contribution in [0.2, 0.25) is 0 Å². The molecule has 8 heteroatoms. The van der Waals surface area contributed by atoms with Gasteiger partial charge < -0.3 is 35.1 Å². The molecule has 0 aliphatic rings. The van der Waals surface area contributed by atoms with Crippen LogP contribution in [0.5, 0.6) is 17.2 Å². The van der Waals surface area contributed by atoms with Gasteiger partial charge in [-0.25, -0.2) is 4.79 Å². The Hall–Kier alpha value is -2.19. The number of ether oxygens (including phenoxy) is 3. The van der Waals surface area contributed by atoms with Gasteiger partial charge in [0.25, 0.3) is 0 Å². The first-order valence-electron chi connectivity index (χ1n) is 7.05. The number of carboxylic acid groups (broad SMARTS) is 1.